The molecule has 9 rings (SSSR count). The topological polar surface area (TPSA) is 65.0 Å². The van der Waals surface area contributed by atoms with Crippen LogP contribution >= 0.6 is 0 Å². The highest BCUT2D eigenvalue weighted by molar-refractivity contribution is 6.10. The van der Waals surface area contributed by atoms with Gasteiger partial charge in [-0.2, -0.15) is 0 Å². The van der Waals surface area contributed by atoms with Gasteiger partial charge in [0.15, 0.2) is 17.5 Å². The first-order valence-electron chi connectivity index (χ1n) is 19.1. The minimum atomic E-state index is -0.682. The van der Waals surface area contributed by atoms with Crippen molar-refractivity contribution in [2.24, 2.45) is 0 Å². The molecule has 0 saturated carbocycles. The summed E-state index contributed by atoms with van der Waals surface area (Å²) in [6, 6.07) is 15.5. The summed E-state index contributed by atoms with van der Waals surface area (Å²) in [4.78, 5) is 14.1. The second-order valence-corrected chi connectivity index (χ2v) is 9.99. The summed E-state index contributed by atoms with van der Waals surface area (Å²) >= 11 is 0. The SMILES string of the molecule is [2H]c1c([2H])c([2H])c(-c2c([2H])c([2H])c([2H])c3c2oc2c([2H])c(-c4nc(-c5ccccc5)nc(-c5ccc6c(c5)oc5ccccc56)n4)c([2H])c([2H])c23)c([2H])c1[2H]. The Bertz CT molecular complexity index is 3100. The van der Waals surface area contributed by atoms with E-state index in [-0.39, 0.29) is 50.5 Å². The molecule has 0 atom stereocenters. The van der Waals surface area contributed by atoms with Crippen molar-refractivity contribution in [3.05, 3.63) is 139 Å². The van der Waals surface area contributed by atoms with E-state index >= 15 is 0 Å². The van der Waals surface area contributed by atoms with Gasteiger partial charge < -0.3 is 8.83 Å². The van der Waals surface area contributed by atoms with Crippen LogP contribution in [0.2, 0.25) is 0 Å². The first kappa shape index (κ1) is 16.0. The van der Waals surface area contributed by atoms with E-state index in [1.54, 1.807) is 30.3 Å². The molecule has 0 amide bonds. The third-order valence-electron chi connectivity index (χ3n) is 7.34. The van der Waals surface area contributed by atoms with E-state index in [9.17, 15) is 2.74 Å². The molecule has 6 aromatic carbocycles. The van der Waals surface area contributed by atoms with Crippen molar-refractivity contribution in [3.8, 4) is 45.3 Å². The van der Waals surface area contributed by atoms with Crippen LogP contribution in [0.25, 0.3) is 89.2 Å². The monoisotopic (exact) mass is 576 g/mol. The van der Waals surface area contributed by atoms with Crippen molar-refractivity contribution >= 4 is 43.9 Å². The van der Waals surface area contributed by atoms with Gasteiger partial charge in [-0.25, -0.2) is 15.0 Å². The number of benzene rings is 6. The fourth-order valence-corrected chi connectivity index (χ4v) is 5.28. The Morgan fingerprint density at radius 1 is 0.455 bits per heavy atom. The average molecular weight is 577 g/mol. The highest BCUT2D eigenvalue weighted by Gasteiger charge is 2.17. The Kier molecular flexibility index (Phi) is 3.54. The molecule has 9 aromatic rings. The van der Waals surface area contributed by atoms with Crippen molar-refractivity contribution in [2.45, 2.75) is 0 Å². The van der Waals surface area contributed by atoms with E-state index in [4.69, 9.17) is 31.1 Å². The molecule has 206 valence electrons. The van der Waals surface area contributed by atoms with Gasteiger partial charge in [0.1, 0.15) is 22.3 Å². The van der Waals surface area contributed by atoms with E-state index < -0.39 is 72.0 Å². The number of rotatable bonds is 4. The normalized spacial score (nSPS) is 15.1. The van der Waals surface area contributed by atoms with Crippen LogP contribution in [0.15, 0.2) is 148 Å². The van der Waals surface area contributed by atoms with Crippen LogP contribution in [-0.2, 0) is 0 Å². The number of furan rings is 2. The number of fused-ring (bicyclic) bond motifs is 6. The highest BCUT2D eigenvalue weighted by atomic mass is 16.3. The van der Waals surface area contributed by atoms with Crippen LogP contribution in [-0.4, -0.2) is 15.0 Å². The third kappa shape index (κ3) is 3.98. The zero-order valence-corrected chi connectivity index (χ0v) is 22.6. The fraction of sp³-hybridized carbons (Fsp3) is 0. The van der Waals surface area contributed by atoms with Crippen LogP contribution in [0.4, 0.5) is 0 Å². The minimum absolute atomic E-state index is 0.126. The zero-order valence-electron chi connectivity index (χ0n) is 33.6. The summed E-state index contributed by atoms with van der Waals surface area (Å²) in [5.74, 6) is 0.282. The van der Waals surface area contributed by atoms with Crippen LogP contribution in [0.5, 0.6) is 0 Å². The number of para-hydroxylation sites is 2. The summed E-state index contributed by atoms with van der Waals surface area (Å²) < 4.78 is 108. The summed E-state index contributed by atoms with van der Waals surface area (Å²) in [7, 11) is 0. The molecule has 3 heterocycles. The fourth-order valence-electron chi connectivity index (χ4n) is 5.28. The lowest BCUT2D eigenvalue weighted by molar-refractivity contribution is 0.669. The zero-order chi connectivity index (χ0) is 38.6. The smallest absolute Gasteiger partial charge is 0.164 e. The molecule has 0 saturated heterocycles. The van der Waals surface area contributed by atoms with Crippen molar-refractivity contribution < 1.29 is 23.9 Å². The first-order chi connectivity index (χ1) is 26.4. The Hall–Kier alpha value is -6.07. The molecule has 0 aliphatic carbocycles. The van der Waals surface area contributed by atoms with Gasteiger partial charge >= 0.3 is 0 Å². The maximum absolute atomic E-state index is 9.37. The maximum atomic E-state index is 9.37. The molecule has 5 nitrogen and oxygen atoms in total. The molecule has 0 spiro atoms. The molecular formula is C39H23N3O2. The van der Waals surface area contributed by atoms with E-state index in [0.29, 0.717) is 22.3 Å². The molecule has 44 heavy (non-hydrogen) atoms. The lowest BCUT2D eigenvalue weighted by Gasteiger charge is -2.08. The van der Waals surface area contributed by atoms with Gasteiger partial charge in [0, 0.05) is 43.8 Å². The van der Waals surface area contributed by atoms with E-state index in [2.05, 4.69) is 4.98 Å². The van der Waals surface area contributed by atoms with Crippen LogP contribution in [0.3, 0.4) is 0 Å². The van der Waals surface area contributed by atoms with Crippen LogP contribution in [0, 0.1) is 0 Å². The Morgan fingerprint density at radius 2 is 1.20 bits per heavy atom. The van der Waals surface area contributed by atoms with E-state index in [1.807, 2.05) is 42.5 Å². The van der Waals surface area contributed by atoms with Crippen molar-refractivity contribution in [3.63, 3.8) is 0 Å². The van der Waals surface area contributed by atoms with E-state index in [1.165, 1.54) is 0 Å². The van der Waals surface area contributed by atoms with E-state index in [0.717, 1.165) is 10.8 Å². The van der Waals surface area contributed by atoms with Gasteiger partial charge in [-0.3, -0.25) is 0 Å². The maximum Gasteiger partial charge on any atom is 0.164 e. The van der Waals surface area contributed by atoms with Gasteiger partial charge in [-0.05, 0) is 35.8 Å². The van der Waals surface area contributed by atoms with Gasteiger partial charge in [0.2, 0.25) is 0 Å². The second-order valence-electron chi connectivity index (χ2n) is 9.99. The van der Waals surface area contributed by atoms with Crippen LogP contribution in [0.1, 0.15) is 15.1 Å². The molecule has 5 heteroatoms. The lowest BCUT2D eigenvalue weighted by atomic mass is 10.0. The van der Waals surface area contributed by atoms with Crippen molar-refractivity contribution in [1.29, 1.82) is 0 Å². The molecule has 3 aromatic heterocycles. The molecule has 0 radical (unpaired) electrons. The first-order valence-corrected chi connectivity index (χ1v) is 13.6. The summed E-state index contributed by atoms with van der Waals surface area (Å²) in [5.41, 5.74) is 0.814. The largest absolute Gasteiger partial charge is 0.456 e. The number of hydrogen-bond donors (Lipinski definition) is 0. The number of hydrogen-bond acceptors (Lipinski definition) is 5. The summed E-state index contributed by atoms with van der Waals surface area (Å²) in [6.07, 6.45) is 0. The molecule has 0 bridgehead atoms. The number of nitrogens with zero attached hydrogens (tertiary/aromatic N) is 3. The predicted molar refractivity (Wildman–Crippen MR) is 176 cm³/mol. The summed E-state index contributed by atoms with van der Waals surface area (Å²) in [6.45, 7) is 0. The number of aromatic nitrogens is 3. The van der Waals surface area contributed by atoms with Gasteiger partial charge in [0.25, 0.3) is 0 Å². The summed E-state index contributed by atoms with van der Waals surface area (Å²) in [5, 5.41) is 1.42. The van der Waals surface area contributed by atoms with Crippen LogP contribution < -0.4 is 0 Å². The quantitative estimate of drug-likeness (QED) is 0.209. The standard InChI is InChI=1S/C39H23N3O2/c1-3-10-24(11-4-1)28-15-9-16-32-31-21-19-27(23-35(31)44-36(28)32)39-41-37(25-12-5-2-6-13-25)40-38(42-39)26-18-20-30-29-14-7-8-17-33(29)43-34(30)22-26/h1-23H/i1D,3D,4D,9D,10D,11D,15D,16D,19D,21D,23D. The highest BCUT2D eigenvalue weighted by Crippen LogP contribution is 2.38. The van der Waals surface area contributed by atoms with Crippen molar-refractivity contribution in [1.82, 2.24) is 15.0 Å². The van der Waals surface area contributed by atoms with Gasteiger partial charge in [-0.15, -0.1) is 0 Å². The lowest BCUT2D eigenvalue weighted by Crippen LogP contribution is -2.00. The average Bonchev–Trinajstić information content (AvgIpc) is 3.78. The molecule has 0 N–H and O–H groups in total. The van der Waals surface area contributed by atoms with Crippen molar-refractivity contribution in [2.75, 3.05) is 0 Å². The second kappa shape index (κ2) is 9.75. The van der Waals surface area contributed by atoms with Gasteiger partial charge in [0.05, 0.1) is 15.1 Å². The molecule has 0 aliphatic rings. The Balaban J connectivity index is 1.33. The molecule has 0 aliphatic heterocycles. The molecular weight excluding hydrogens is 542 g/mol. The Morgan fingerprint density at radius 3 is 2.07 bits per heavy atom. The predicted octanol–water partition coefficient (Wildman–Crippen LogP) is 10.3. The van der Waals surface area contributed by atoms with Gasteiger partial charge in [-0.1, -0.05) is 109 Å². The minimum Gasteiger partial charge on any atom is -0.456 e. The third-order valence-corrected chi connectivity index (χ3v) is 7.34. The molecule has 0 unspecified atom stereocenters. The molecule has 0 fully saturated rings. The Labute approximate surface area is 267 Å².